The predicted octanol–water partition coefficient (Wildman–Crippen LogP) is 7.17. The summed E-state index contributed by atoms with van der Waals surface area (Å²) in [4.78, 5) is 10.5. The standard InChI is InChI=1S/C27H35N3S/c1-6-7-8-9-10-22-11-12-23(15-21(22)4)27-26(16-25(31-5)19-30-27)24(17-28)18-29-14-13-20(2)3/h7-12,15-20H,6,13-14,28H2,1-5H3/b8-7+,10-9-,24-17+,29-18?. The summed E-state index contributed by atoms with van der Waals surface area (Å²) < 4.78 is 0. The van der Waals surface area contributed by atoms with Crippen LogP contribution in [0.25, 0.3) is 22.9 Å². The second-order valence-corrected chi connectivity index (χ2v) is 8.76. The zero-order valence-electron chi connectivity index (χ0n) is 19.4. The van der Waals surface area contributed by atoms with E-state index < -0.39 is 0 Å². The number of aryl methyl sites for hydroxylation is 1. The van der Waals surface area contributed by atoms with E-state index in [1.807, 2.05) is 12.4 Å². The van der Waals surface area contributed by atoms with Crippen LogP contribution in [0.5, 0.6) is 0 Å². The van der Waals surface area contributed by atoms with Crippen molar-refractivity contribution in [2.75, 3.05) is 12.8 Å². The van der Waals surface area contributed by atoms with E-state index in [2.05, 4.69) is 87.5 Å². The van der Waals surface area contributed by atoms with Gasteiger partial charge in [-0.2, -0.15) is 0 Å². The molecule has 0 atom stereocenters. The Kier molecular flexibility index (Phi) is 10.3. The monoisotopic (exact) mass is 433 g/mol. The minimum atomic E-state index is 0.632. The fourth-order valence-corrected chi connectivity index (χ4v) is 3.48. The van der Waals surface area contributed by atoms with Gasteiger partial charge in [-0.1, -0.05) is 57.2 Å². The molecule has 0 fully saturated rings. The molecule has 0 aliphatic carbocycles. The molecule has 0 saturated carbocycles. The Hall–Kier alpha value is -2.59. The van der Waals surface area contributed by atoms with Crippen molar-refractivity contribution in [3.8, 4) is 11.3 Å². The van der Waals surface area contributed by atoms with Gasteiger partial charge >= 0.3 is 0 Å². The van der Waals surface area contributed by atoms with Gasteiger partial charge in [0.05, 0.1) is 5.69 Å². The first kappa shape index (κ1) is 24.7. The first-order chi connectivity index (χ1) is 15.0. The molecule has 0 radical (unpaired) electrons. The van der Waals surface area contributed by atoms with E-state index in [1.54, 1.807) is 18.0 Å². The molecule has 2 aromatic rings. The lowest BCUT2D eigenvalue weighted by molar-refractivity contribution is 0.598. The summed E-state index contributed by atoms with van der Waals surface area (Å²) in [7, 11) is 0. The molecular formula is C27H35N3S. The first-order valence-electron chi connectivity index (χ1n) is 10.9. The molecule has 1 heterocycles. The average molecular weight is 434 g/mol. The summed E-state index contributed by atoms with van der Waals surface area (Å²) >= 11 is 1.68. The van der Waals surface area contributed by atoms with E-state index in [0.717, 1.165) is 46.7 Å². The highest BCUT2D eigenvalue weighted by atomic mass is 32.2. The molecular weight excluding hydrogens is 398 g/mol. The third-order valence-electron chi connectivity index (χ3n) is 4.96. The van der Waals surface area contributed by atoms with Crippen LogP contribution in [0.3, 0.4) is 0 Å². The Bertz CT molecular complexity index is 968. The van der Waals surface area contributed by atoms with E-state index in [1.165, 1.54) is 11.1 Å². The Morgan fingerprint density at radius 1 is 1.23 bits per heavy atom. The van der Waals surface area contributed by atoms with Gasteiger partial charge in [0.25, 0.3) is 0 Å². The number of hydrogen-bond donors (Lipinski definition) is 1. The Labute approximate surface area is 192 Å². The molecule has 2 N–H and O–H groups in total. The molecule has 3 nitrogen and oxygen atoms in total. The van der Waals surface area contributed by atoms with Crippen LogP contribution in [0.2, 0.25) is 0 Å². The van der Waals surface area contributed by atoms with Crippen molar-refractivity contribution in [1.29, 1.82) is 0 Å². The third-order valence-corrected chi connectivity index (χ3v) is 5.65. The number of aliphatic imine (C=N–C) groups is 1. The van der Waals surface area contributed by atoms with Crippen molar-refractivity contribution in [3.05, 3.63) is 71.6 Å². The fourth-order valence-electron chi connectivity index (χ4n) is 3.09. The number of rotatable bonds is 10. The summed E-state index contributed by atoms with van der Waals surface area (Å²) in [6, 6.07) is 8.62. The van der Waals surface area contributed by atoms with Crippen LogP contribution in [0.1, 0.15) is 50.3 Å². The van der Waals surface area contributed by atoms with Gasteiger partial charge in [-0.3, -0.25) is 9.98 Å². The smallest absolute Gasteiger partial charge is 0.0782 e. The number of allylic oxidation sites excluding steroid dienone is 4. The van der Waals surface area contributed by atoms with Crippen molar-refractivity contribution in [1.82, 2.24) is 4.98 Å². The zero-order chi connectivity index (χ0) is 22.6. The molecule has 0 aliphatic heterocycles. The maximum atomic E-state index is 6.02. The number of nitrogens with zero attached hydrogens (tertiary/aromatic N) is 2. The summed E-state index contributed by atoms with van der Waals surface area (Å²) in [5.74, 6) is 0.632. The van der Waals surface area contributed by atoms with Gasteiger partial charge < -0.3 is 5.73 Å². The second kappa shape index (κ2) is 13.0. The minimum absolute atomic E-state index is 0.632. The molecule has 0 saturated heterocycles. The predicted molar refractivity (Wildman–Crippen MR) is 140 cm³/mol. The average Bonchev–Trinajstić information content (AvgIpc) is 2.77. The number of aromatic nitrogens is 1. The van der Waals surface area contributed by atoms with Crippen LogP contribution in [0.4, 0.5) is 0 Å². The molecule has 4 heteroatoms. The number of benzene rings is 1. The van der Waals surface area contributed by atoms with Crippen LogP contribution in [-0.2, 0) is 0 Å². The van der Waals surface area contributed by atoms with Gasteiger partial charge in [0.1, 0.15) is 0 Å². The van der Waals surface area contributed by atoms with Crippen molar-refractivity contribution in [2.24, 2.45) is 16.6 Å². The van der Waals surface area contributed by atoms with Crippen LogP contribution < -0.4 is 5.73 Å². The number of pyridine rings is 1. The van der Waals surface area contributed by atoms with Gasteiger partial charge in [-0.05, 0) is 55.2 Å². The molecule has 2 rings (SSSR count). The largest absolute Gasteiger partial charge is 0.404 e. The maximum Gasteiger partial charge on any atom is 0.0782 e. The fraction of sp³-hybridized carbons (Fsp3) is 0.333. The molecule has 164 valence electrons. The van der Waals surface area contributed by atoms with Gasteiger partial charge in [0.2, 0.25) is 0 Å². The van der Waals surface area contributed by atoms with Crippen molar-refractivity contribution >= 4 is 29.6 Å². The van der Waals surface area contributed by atoms with E-state index in [-0.39, 0.29) is 0 Å². The first-order valence-corrected chi connectivity index (χ1v) is 12.1. The van der Waals surface area contributed by atoms with Crippen molar-refractivity contribution in [3.63, 3.8) is 0 Å². The Balaban J connectivity index is 2.41. The lowest BCUT2D eigenvalue weighted by Crippen LogP contribution is -1.99. The molecule has 0 aliphatic rings. The van der Waals surface area contributed by atoms with E-state index in [9.17, 15) is 0 Å². The molecule has 0 spiro atoms. The Morgan fingerprint density at radius 2 is 2.03 bits per heavy atom. The number of hydrogen-bond acceptors (Lipinski definition) is 4. The van der Waals surface area contributed by atoms with Crippen LogP contribution in [-0.4, -0.2) is 24.0 Å². The lowest BCUT2D eigenvalue weighted by Gasteiger charge is -2.13. The van der Waals surface area contributed by atoms with Crippen LogP contribution in [0, 0.1) is 12.8 Å². The summed E-state index contributed by atoms with van der Waals surface area (Å²) in [6.07, 6.45) is 18.1. The topological polar surface area (TPSA) is 51.3 Å². The lowest BCUT2D eigenvalue weighted by atomic mass is 9.97. The summed E-state index contributed by atoms with van der Waals surface area (Å²) in [5, 5.41) is 0. The minimum Gasteiger partial charge on any atom is -0.404 e. The van der Waals surface area contributed by atoms with E-state index >= 15 is 0 Å². The van der Waals surface area contributed by atoms with Crippen molar-refractivity contribution < 1.29 is 0 Å². The normalized spacial score (nSPS) is 12.8. The zero-order valence-corrected chi connectivity index (χ0v) is 20.2. The number of thioether (sulfide) groups is 1. The maximum absolute atomic E-state index is 6.02. The highest BCUT2D eigenvalue weighted by Gasteiger charge is 2.12. The molecule has 1 aromatic carbocycles. The van der Waals surface area contributed by atoms with E-state index in [4.69, 9.17) is 10.7 Å². The van der Waals surface area contributed by atoms with Crippen LogP contribution >= 0.6 is 11.8 Å². The molecule has 0 bridgehead atoms. The SMILES string of the molecule is CC/C=C/C=C\c1ccc(-c2ncc(SC)cc2/C(C=NCCC(C)C)=C/N)cc1C. The molecule has 31 heavy (non-hydrogen) atoms. The molecule has 0 unspecified atom stereocenters. The molecule has 1 aromatic heterocycles. The van der Waals surface area contributed by atoms with Gasteiger partial charge in [0, 0.05) is 46.8 Å². The third kappa shape index (κ3) is 7.55. The van der Waals surface area contributed by atoms with Gasteiger partial charge in [-0.25, -0.2) is 0 Å². The quantitative estimate of drug-likeness (QED) is 0.245. The van der Waals surface area contributed by atoms with Gasteiger partial charge in [-0.15, -0.1) is 11.8 Å². The summed E-state index contributed by atoms with van der Waals surface area (Å²) in [5.41, 5.74) is 12.3. The number of nitrogens with two attached hydrogens (primary N) is 1. The highest BCUT2D eigenvalue weighted by molar-refractivity contribution is 7.98. The van der Waals surface area contributed by atoms with E-state index in [0.29, 0.717) is 5.92 Å². The highest BCUT2D eigenvalue weighted by Crippen LogP contribution is 2.31. The Morgan fingerprint density at radius 3 is 2.68 bits per heavy atom. The summed E-state index contributed by atoms with van der Waals surface area (Å²) in [6.45, 7) is 9.49. The molecule has 0 amide bonds. The van der Waals surface area contributed by atoms with Gasteiger partial charge in [0.15, 0.2) is 0 Å². The van der Waals surface area contributed by atoms with Crippen molar-refractivity contribution in [2.45, 2.75) is 45.4 Å². The second-order valence-electron chi connectivity index (χ2n) is 7.88. The van der Waals surface area contributed by atoms with Crippen LogP contribution in [0.15, 0.2) is 64.8 Å².